The number of amides is 1. The molecule has 0 saturated carbocycles. The number of halogens is 1. The largest absolute Gasteiger partial charge is 0.452 e. The predicted molar refractivity (Wildman–Crippen MR) is 101 cm³/mol. The van der Waals surface area contributed by atoms with Crippen LogP contribution in [0.3, 0.4) is 0 Å². The summed E-state index contributed by atoms with van der Waals surface area (Å²) >= 11 is 0. The van der Waals surface area contributed by atoms with Crippen LogP contribution in [0.1, 0.15) is 22.3 Å². The second-order valence-electron chi connectivity index (χ2n) is 6.27. The third kappa shape index (κ3) is 4.86. The molecule has 1 aliphatic rings. The van der Waals surface area contributed by atoms with E-state index in [0.717, 1.165) is 0 Å². The Morgan fingerprint density at radius 1 is 1.14 bits per heavy atom. The van der Waals surface area contributed by atoms with Crippen LogP contribution >= 0.6 is 0 Å². The zero-order valence-corrected chi connectivity index (χ0v) is 15.7. The number of hydrogen-bond donors (Lipinski definition) is 1. The fourth-order valence-corrected chi connectivity index (χ4v) is 4.34. The number of nitrogens with one attached hydrogen (secondary N) is 1. The fourth-order valence-electron chi connectivity index (χ4n) is 2.79. The zero-order chi connectivity index (χ0) is 20.1. The quantitative estimate of drug-likeness (QED) is 0.739. The fraction of sp³-hybridized carbons (Fsp3) is 0.263. The highest BCUT2D eigenvalue weighted by Crippen LogP contribution is 2.24. The van der Waals surface area contributed by atoms with E-state index in [1.807, 2.05) is 0 Å². The Morgan fingerprint density at radius 3 is 2.57 bits per heavy atom. The van der Waals surface area contributed by atoms with E-state index in [9.17, 15) is 22.4 Å². The molecule has 2 aromatic carbocycles. The van der Waals surface area contributed by atoms with Gasteiger partial charge in [-0.3, -0.25) is 9.10 Å². The average Bonchev–Trinajstić information content (AvgIpc) is 3.04. The van der Waals surface area contributed by atoms with Crippen molar-refractivity contribution in [3.05, 3.63) is 65.5 Å². The van der Waals surface area contributed by atoms with Crippen LogP contribution in [0.25, 0.3) is 0 Å². The molecular weight excluding hydrogens is 387 g/mol. The molecule has 7 nitrogen and oxygen atoms in total. The smallest absolute Gasteiger partial charge is 0.338 e. The number of carbonyl (C=O) groups excluding carboxylic acids is 2. The summed E-state index contributed by atoms with van der Waals surface area (Å²) < 4.78 is 43.1. The molecule has 1 saturated heterocycles. The minimum Gasteiger partial charge on any atom is -0.452 e. The van der Waals surface area contributed by atoms with Crippen molar-refractivity contribution in [3.63, 3.8) is 0 Å². The Morgan fingerprint density at radius 2 is 1.89 bits per heavy atom. The maximum atomic E-state index is 12.8. The summed E-state index contributed by atoms with van der Waals surface area (Å²) in [5.74, 6) is -1.52. The molecule has 1 heterocycles. The first kappa shape index (κ1) is 19.8. The summed E-state index contributed by atoms with van der Waals surface area (Å²) in [5, 5.41) is 2.57. The van der Waals surface area contributed by atoms with E-state index in [0.29, 0.717) is 24.2 Å². The van der Waals surface area contributed by atoms with Gasteiger partial charge in [-0.05, 0) is 42.3 Å². The van der Waals surface area contributed by atoms with Crippen LogP contribution in [0.15, 0.2) is 48.5 Å². The van der Waals surface area contributed by atoms with Gasteiger partial charge in [0.15, 0.2) is 6.61 Å². The van der Waals surface area contributed by atoms with Gasteiger partial charge in [0.25, 0.3) is 5.91 Å². The van der Waals surface area contributed by atoms with Crippen LogP contribution in [0.4, 0.5) is 10.1 Å². The van der Waals surface area contributed by atoms with Gasteiger partial charge in [-0.2, -0.15) is 0 Å². The van der Waals surface area contributed by atoms with Gasteiger partial charge in [0.2, 0.25) is 10.0 Å². The van der Waals surface area contributed by atoms with Crippen LogP contribution < -0.4 is 9.62 Å². The Kier molecular flexibility index (Phi) is 5.93. The molecule has 9 heteroatoms. The zero-order valence-electron chi connectivity index (χ0n) is 14.9. The van der Waals surface area contributed by atoms with Gasteiger partial charge in [0.1, 0.15) is 5.82 Å². The van der Waals surface area contributed by atoms with Crippen molar-refractivity contribution in [3.8, 4) is 0 Å². The molecule has 1 fully saturated rings. The Labute approximate surface area is 162 Å². The number of ether oxygens (including phenoxy) is 1. The number of benzene rings is 2. The number of esters is 1. The van der Waals surface area contributed by atoms with Crippen molar-refractivity contribution in [2.24, 2.45) is 0 Å². The van der Waals surface area contributed by atoms with Crippen molar-refractivity contribution < 1.29 is 27.1 Å². The lowest BCUT2D eigenvalue weighted by atomic mass is 10.2. The van der Waals surface area contributed by atoms with Crippen molar-refractivity contribution in [1.29, 1.82) is 0 Å². The maximum Gasteiger partial charge on any atom is 0.338 e. The second kappa shape index (κ2) is 8.39. The monoisotopic (exact) mass is 406 g/mol. The highest BCUT2D eigenvalue weighted by atomic mass is 32.2. The lowest BCUT2D eigenvalue weighted by Gasteiger charge is -2.17. The molecule has 28 heavy (non-hydrogen) atoms. The molecule has 0 atom stereocenters. The van der Waals surface area contributed by atoms with Crippen LogP contribution in [0, 0.1) is 5.82 Å². The van der Waals surface area contributed by atoms with E-state index >= 15 is 0 Å². The first-order valence-corrected chi connectivity index (χ1v) is 10.2. The molecule has 0 bridgehead atoms. The highest BCUT2D eigenvalue weighted by molar-refractivity contribution is 7.93. The molecule has 0 aromatic heterocycles. The summed E-state index contributed by atoms with van der Waals surface area (Å²) in [4.78, 5) is 24.0. The molecule has 1 amide bonds. The highest BCUT2D eigenvalue weighted by Gasteiger charge is 2.28. The first-order valence-electron chi connectivity index (χ1n) is 8.64. The number of carbonyl (C=O) groups is 2. The van der Waals surface area contributed by atoms with Gasteiger partial charge in [-0.15, -0.1) is 0 Å². The number of rotatable bonds is 6. The molecule has 0 radical (unpaired) electrons. The molecule has 1 N–H and O–H groups in total. The number of hydrogen-bond acceptors (Lipinski definition) is 5. The Bertz CT molecular complexity index is 976. The van der Waals surface area contributed by atoms with Crippen LogP contribution in [0.5, 0.6) is 0 Å². The summed E-state index contributed by atoms with van der Waals surface area (Å²) in [5.41, 5.74) is 1.26. The van der Waals surface area contributed by atoms with E-state index in [1.54, 1.807) is 24.3 Å². The third-order valence-electron chi connectivity index (χ3n) is 4.21. The van der Waals surface area contributed by atoms with Gasteiger partial charge >= 0.3 is 5.97 Å². The normalized spacial score (nSPS) is 15.2. The standard InChI is InChI=1S/C19H19FN2O5S/c20-16-7-5-14(6-8-16)12-21-18(23)13-27-19(24)15-3-1-4-17(11-15)22-9-2-10-28(22,25)26/h1,3-8,11H,2,9-10,12-13H2,(H,21,23). The van der Waals surface area contributed by atoms with Gasteiger partial charge in [-0.25, -0.2) is 17.6 Å². The first-order chi connectivity index (χ1) is 13.3. The van der Waals surface area contributed by atoms with Crippen molar-refractivity contribution in [2.45, 2.75) is 13.0 Å². The van der Waals surface area contributed by atoms with Crippen LogP contribution in [0.2, 0.25) is 0 Å². The van der Waals surface area contributed by atoms with Crippen LogP contribution in [-0.2, 0) is 26.1 Å². The number of anilines is 1. The van der Waals surface area contributed by atoms with E-state index in [-0.39, 0.29) is 23.7 Å². The van der Waals surface area contributed by atoms with Crippen molar-refractivity contribution in [2.75, 3.05) is 23.2 Å². The van der Waals surface area contributed by atoms with E-state index in [4.69, 9.17) is 4.74 Å². The number of nitrogens with zero attached hydrogens (tertiary/aromatic N) is 1. The third-order valence-corrected chi connectivity index (χ3v) is 6.08. The summed E-state index contributed by atoms with van der Waals surface area (Å²) in [6.45, 7) is 0.0673. The van der Waals surface area contributed by atoms with E-state index < -0.39 is 28.5 Å². The molecule has 1 aliphatic heterocycles. The van der Waals surface area contributed by atoms with Crippen LogP contribution in [-0.4, -0.2) is 39.2 Å². The molecule has 0 unspecified atom stereocenters. The minimum atomic E-state index is -3.35. The predicted octanol–water partition coefficient (Wildman–Crippen LogP) is 1.84. The molecular formula is C19H19FN2O5S. The van der Waals surface area contributed by atoms with Gasteiger partial charge in [-0.1, -0.05) is 18.2 Å². The lowest BCUT2D eigenvalue weighted by molar-refractivity contribution is -0.124. The molecule has 148 valence electrons. The molecule has 0 aliphatic carbocycles. The molecule has 2 aromatic rings. The summed E-state index contributed by atoms with van der Waals surface area (Å²) in [6, 6.07) is 11.7. The topological polar surface area (TPSA) is 92.8 Å². The van der Waals surface area contributed by atoms with Gasteiger partial charge < -0.3 is 10.1 Å². The summed E-state index contributed by atoms with van der Waals surface area (Å²) in [7, 11) is -3.35. The van der Waals surface area contributed by atoms with E-state index in [1.165, 1.54) is 28.6 Å². The minimum absolute atomic E-state index is 0.0793. The van der Waals surface area contributed by atoms with E-state index in [2.05, 4.69) is 5.32 Å². The maximum absolute atomic E-state index is 12.8. The Balaban J connectivity index is 1.54. The SMILES string of the molecule is O=C(COC(=O)c1cccc(N2CCCS2(=O)=O)c1)NCc1ccc(F)cc1. The molecule has 3 rings (SSSR count). The lowest BCUT2D eigenvalue weighted by Crippen LogP contribution is -2.28. The van der Waals surface area contributed by atoms with Gasteiger partial charge in [0.05, 0.1) is 17.0 Å². The average molecular weight is 406 g/mol. The van der Waals surface area contributed by atoms with Crippen molar-refractivity contribution >= 4 is 27.6 Å². The second-order valence-corrected chi connectivity index (χ2v) is 8.28. The molecule has 0 spiro atoms. The Hall–Kier alpha value is -2.94. The number of sulfonamides is 1. The summed E-state index contributed by atoms with van der Waals surface area (Å²) in [6.07, 6.45) is 0.533. The van der Waals surface area contributed by atoms with Gasteiger partial charge in [0, 0.05) is 13.1 Å². The van der Waals surface area contributed by atoms with Crippen molar-refractivity contribution in [1.82, 2.24) is 5.32 Å².